The second-order valence-electron chi connectivity index (χ2n) is 4.91. The minimum atomic E-state index is -0.505. The lowest BCUT2D eigenvalue weighted by molar-refractivity contribution is -0.121. The second kappa shape index (κ2) is 9.39. The Labute approximate surface area is 133 Å². The first-order valence-electron chi connectivity index (χ1n) is 7.08. The van der Waals surface area contributed by atoms with E-state index >= 15 is 0 Å². The summed E-state index contributed by atoms with van der Waals surface area (Å²) in [7, 11) is 0. The van der Waals surface area contributed by atoms with Gasteiger partial charge < -0.3 is 16.4 Å². The van der Waals surface area contributed by atoms with E-state index in [1.165, 1.54) is 0 Å². The Balaban J connectivity index is 2.22. The maximum absolute atomic E-state index is 11.9. The number of urea groups is 1. The molecule has 0 saturated carbocycles. The summed E-state index contributed by atoms with van der Waals surface area (Å²) in [5.74, 6) is 0.0427. The van der Waals surface area contributed by atoms with Gasteiger partial charge in [-0.25, -0.2) is 4.79 Å². The summed E-state index contributed by atoms with van der Waals surface area (Å²) in [6.45, 7) is 2.53. The normalized spacial score (nSPS) is 11.7. The average Bonchev–Trinajstić information content (AvgIpc) is 2.42. The quantitative estimate of drug-likeness (QED) is 0.626. The fourth-order valence-electron chi connectivity index (χ4n) is 2.02. The fraction of sp³-hybridized carbons (Fsp3) is 0.467. The lowest BCUT2D eigenvalue weighted by Crippen LogP contribution is -2.30. The summed E-state index contributed by atoms with van der Waals surface area (Å²) in [6, 6.07) is 7.32. The van der Waals surface area contributed by atoms with Gasteiger partial charge in [-0.1, -0.05) is 40.5 Å². The molecule has 0 unspecified atom stereocenters. The molecule has 1 aromatic rings. The van der Waals surface area contributed by atoms with E-state index in [1.807, 2.05) is 31.2 Å². The van der Waals surface area contributed by atoms with Crippen LogP contribution in [0.2, 0.25) is 0 Å². The molecule has 116 valence electrons. The second-order valence-corrected chi connectivity index (χ2v) is 5.77. The third kappa shape index (κ3) is 7.13. The van der Waals surface area contributed by atoms with Gasteiger partial charge in [0.1, 0.15) is 0 Å². The lowest BCUT2D eigenvalue weighted by Gasteiger charge is -2.15. The van der Waals surface area contributed by atoms with Gasteiger partial charge in [-0.05, 0) is 31.4 Å². The smallest absolute Gasteiger partial charge is 0.312 e. The van der Waals surface area contributed by atoms with Crippen LogP contribution in [0.25, 0.3) is 0 Å². The van der Waals surface area contributed by atoms with Crippen LogP contribution in [0.3, 0.4) is 0 Å². The predicted molar refractivity (Wildman–Crippen MR) is 86.8 cm³/mol. The number of carbonyl (C=O) groups excluding carboxylic acids is 2. The first kappa shape index (κ1) is 17.5. The number of nitrogens with two attached hydrogens (primary N) is 1. The first-order valence-corrected chi connectivity index (χ1v) is 7.87. The van der Waals surface area contributed by atoms with E-state index in [1.54, 1.807) is 0 Å². The third-order valence-corrected chi connectivity index (χ3v) is 3.85. The number of hydrogen-bond acceptors (Lipinski definition) is 2. The molecule has 3 amide bonds. The van der Waals surface area contributed by atoms with Crippen LogP contribution < -0.4 is 16.4 Å². The van der Waals surface area contributed by atoms with Crippen molar-refractivity contribution in [3.8, 4) is 0 Å². The molecule has 0 aromatic heterocycles. The molecule has 1 aromatic carbocycles. The van der Waals surface area contributed by atoms with Crippen LogP contribution in [0.15, 0.2) is 28.7 Å². The minimum Gasteiger partial charge on any atom is -0.352 e. The molecule has 0 aliphatic rings. The van der Waals surface area contributed by atoms with Gasteiger partial charge in [-0.2, -0.15) is 0 Å². The first-order chi connectivity index (χ1) is 10.0. The zero-order chi connectivity index (χ0) is 15.7. The molecular weight excluding hydrogens is 334 g/mol. The maximum Gasteiger partial charge on any atom is 0.312 e. The van der Waals surface area contributed by atoms with Gasteiger partial charge in [0.25, 0.3) is 0 Å². The highest BCUT2D eigenvalue weighted by atomic mass is 79.9. The highest BCUT2D eigenvalue weighted by molar-refractivity contribution is 9.10. The topological polar surface area (TPSA) is 84.2 Å². The molecule has 0 heterocycles. The number of carbonyl (C=O) groups is 2. The molecule has 0 aliphatic heterocycles. The van der Waals surface area contributed by atoms with E-state index in [0.29, 0.717) is 13.0 Å². The van der Waals surface area contributed by atoms with Crippen molar-refractivity contribution in [2.24, 2.45) is 5.73 Å². The van der Waals surface area contributed by atoms with Gasteiger partial charge in [-0.3, -0.25) is 4.79 Å². The van der Waals surface area contributed by atoms with E-state index < -0.39 is 6.03 Å². The zero-order valence-corrected chi connectivity index (χ0v) is 13.8. The Morgan fingerprint density at radius 1 is 1.24 bits per heavy atom. The summed E-state index contributed by atoms with van der Waals surface area (Å²) in [5, 5.41) is 5.51. The van der Waals surface area contributed by atoms with E-state index in [-0.39, 0.29) is 11.9 Å². The van der Waals surface area contributed by atoms with Crippen molar-refractivity contribution in [2.45, 2.75) is 38.6 Å². The van der Waals surface area contributed by atoms with Gasteiger partial charge in [-0.15, -0.1) is 0 Å². The number of primary amides is 1. The van der Waals surface area contributed by atoms with Crippen molar-refractivity contribution in [3.63, 3.8) is 0 Å². The summed E-state index contributed by atoms with van der Waals surface area (Å²) in [4.78, 5) is 22.3. The van der Waals surface area contributed by atoms with E-state index in [0.717, 1.165) is 29.3 Å². The molecule has 1 rings (SSSR count). The van der Waals surface area contributed by atoms with Gasteiger partial charge >= 0.3 is 6.03 Å². The van der Waals surface area contributed by atoms with Crippen LogP contribution in [-0.2, 0) is 4.79 Å². The molecule has 4 N–H and O–H groups in total. The van der Waals surface area contributed by atoms with Gasteiger partial charge in [0.2, 0.25) is 5.91 Å². The van der Waals surface area contributed by atoms with E-state index in [4.69, 9.17) is 5.73 Å². The van der Waals surface area contributed by atoms with Crippen molar-refractivity contribution in [1.82, 2.24) is 10.6 Å². The number of benzene rings is 1. The Morgan fingerprint density at radius 3 is 2.62 bits per heavy atom. The number of unbranched alkanes of at least 4 members (excludes halogenated alkanes) is 2. The Hall–Kier alpha value is -1.56. The Morgan fingerprint density at radius 2 is 1.95 bits per heavy atom. The molecule has 0 spiro atoms. The van der Waals surface area contributed by atoms with Crippen LogP contribution >= 0.6 is 15.9 Å². The van der Waals surface area contributed by atoms with Crippen molar-refractivity contribution in [2.75, 3.05) is 6.54 Å². The predicted octanol–water partition coefficient (Wildman–Crippen LogP) is 2.86. The number of halogens is 1. The molecule has 0 bridgehead atoms. The maximum atomic E-state index is 11.9. The minimum absolute atomic E-state index is 0.0235. The molecule has 0 fully saturated rings. The largest absolute Gasteiger partial charge is 0.352 e. The van der Waals surface area contributed by atoms with Crippen molar-refractivity contribution < 1.29 is 9.59 Å². The molecule has 0 aliphatic carbocycles. The van der Waals surface area contributed by atoms with Crippen LogP contribution in [0, 0.1) is 0 Å². The fourth-order valence-corrected chi connectivity index (χ4v) is 2.64. The number of hydrogen-bond donors (Lipinski definition) is 3. The molecule has 1 atom stereocenters. The van der Waals surface area contributed by atoms with Crippen molar-refractivity contribution in [1.29, 1.82) is 0 Å². The average molecular weight is 356 g/mol. The molecule has 21 heavy (non-hydrogen) atoms. The third-order valence-electron chi connectivity index (χ3n) is 3.13. The Kier molecular flexibility index (Phi) is 7.82. The van der Waals surface area contributed by atoms with Gasteiger partial charge in [0.05, 0.1) is 6.04 Å². The summed E-state index contributed by atoms with van der Waals surface area (Å²) < 4.78 is 0.996. The van der Waals surface area contributed by atoms with E-state index in [2.05, 4.69) is 26.6 Å². The summed E-state index contributed by atoms with van der Waals surface area (Å²) >= 11 is 3.48. The Bertz CT molecular complexity index is 480. The van der Waals surface area contributed by atoms with Crippen LogP contribution in [0.4, 0.5) is 4.79 Å². The lowest BCUT2D eigenvalue weighted by atomic mass is 10.1. The van der Waals surface area contributed by atoms with Crippen molar-refractivity contribution >= 4 is 27.9 Å². The van der Waals surface area contributed by atoms with Crippen LogP contribution in [0.1, 0.15) is 44.2 Å². The van der Waals surface area contributed by atoms with Gasteiger partial charge in [0, 0.05) is 17.4 Å². The molecule has 0 saturated heterocycles. The SMILES string of the molecule is C[C@@H](NC(=O)CCCCCNC(N)=O)c1ccccc1Br. The molecule has 0 radical (unpaired) electrons. The summed E-state index contributed by atoms with van der Waals surface area (Å²) in [6.07, 6.45) is 3.01. The standard InChI is InChI=1S/C15H22BrN3O2/c1-11(12-7-4-5-8-13(12)16)19-14(20)9-3-2-6-10-18-15(17)21/h4-5,7-8,11H,2-3,6,9-10H2,1H3,(H,19,20)(H3,17,18,21)/t11-/m1/s1. The monoisotopic (exact) mass is 355 g/mol. The molecule has 5 nitrogen and oxygen atoms in total. The van der Waals surface area contributed by atoms with Crippen LogP contribution in [0.5, 0.6) is 0 Å². The van der Waals surface area contributed by atoms with Crippen molar-refractivity contribution in [3.05, 3.63) is 34.3 Å². The number of amides is 3. The summed E-state index contributed by atoms with van der Waals surface area (Å²) in [5.41, 5.74) is 6.03. The van der Waals surface area contributed by atoms with E-state index in [9.17, 15) is 9.59 Å². The number of rotatable bonds is 8. The van der Waals surface area contributed by atoms with Crippen LogP contribution in [-0.4, -0.2) is 18.5 Å². The molecule has 6 heteroatoms. The number of nitrogens with one attached hydrogen (secondary N) is 2. The zero-order valence-electron chi connectivity index (χ0n) is 12.2. The highest BCUT2D eigenvalue weighted by Gasteiger charge is 2.11. The van der Waals surface area contributed by atoms with Gasteiger partial charge in [0.15, 0.2) is 0 Å². The highest BCUT2D eigenvalue weighted by Crippen LogP contribution is 2.22. The molecular formula is C15H22BrN3O2.